The maximum atomic E-state index is 11.3. The Morgan fingerprint density at radius 2 is 1.71 bits per heavy atom. The highest BCUT2D eigenvalue weighted by Crippen LogP contribution is 2.21. The molecule has 1 aromatic heterocycles. The van der Waals surface area contributed by atoms with Gasteiger partial charge in [-0.05, 0) is 19.9 Å². The van der Waals surface area contributed by atoms with Crippen LogP contribution < -0.4 is 0 Å². The Hall–Kier alpha value is -1.70. The van der Waals surface area contributed by atoms with Crippen molar-refractivity contribution >= 4 is 40.9 Å². The lowest BCUT2D eigenvalue weighted by atomic mass is 10.1. The van der Waals surface area contributed by atoms with Crippen LogP contribution in [0, 0.1) is 12.8 Å². The zero-order chi connectivity index (χ0) is 24.4. The number of hydrogen-bond donors (Lipinski definition) is 0. The zero-order valence-electron chi connectivity index (χ0n) is 19.2. The van der Waals surface area contributed by atoms with E-state index in [1.54, 1.807) is 26.8 Å². The fraction of sp³-hybridized carbons (Fsp3) is 0.636. The average molecular weight is 482 g/mol. The molecule has 0 aliphatic rings. The number of ether oxygens (including phenoxy) is 3. The highest BCUT2D eigenvalue weighted by molar-refractivity contribution is 6.27. The highest BCUT2D eigenvalue weighted by Gasteiger charge is 2.17. The molecule has 1 unspecified atom stereocenters. The van der Waals surface area contributed by atoms with Gasteiger partial charge in [-0.3, -0.25) is 9.59 Å². The normalized spacial score (nSPS) is 11.0. The Morgan fingerprint density at radius 3 is 2.10 bits per heavy atom. The molecule has 0 aliphatic carbocycles. The van der Waals surface area contributed by atoms with Gasteiger partial charge in [0.25, 0.3) is 0 Å². The highest BCUT2D eigenvalue weighted by atomic mass is 35.5. The van der Waals surface area contributed by atoms with E-state index in [0.717, 1.165) is 0 Å². The number of rotatable bonds is 10. The lowest BCUT2D eigenvalue weighted by molar-refractivity contribution is -0.145. The lowest BCUT2D eigenvalue weighted by Gasteiger charge is -2.04. The van der Waals surface area contributed by atoms with Gasteiger partial charge in [0.05, 0.1) is 18.8 Å². The monoisotopic (exact) mass is 481 g/mol. The molecule has 1 aromatic rings. The van der Waals surface area contributed by atoms with Crippen molar-refractivity contribution in [2.45, 2.75) is 59.4 Å². The second-order valence-electron chi connectivity index (χ2n) is 6.61. The van der Waals surface area contributed by atoms with Crippen LogP contribution in [0.5, 0.6) is 0 Å². The summed E-state index contributed by atoms with van der Waals surface area (Å²) in [6.07, 6.45) is 1.38. The minimum absolute atomic E-state index is 0.0875. The first-order valence-electron chi connectivity index (χ1n) is 10.1. The van der Waals surface area contributed by atoms with Crippen LogP contribution in [0.15, 0.2) is 16.7 Å². The summed E-state index contributed by atoms with van der Waals surface area (Å²) >= 11 is 10.7. The van der Waals surface area contributed by atoms with E-state index in [4.69, 9.17) is 37.1 Å². The van der Waals surface area contributed by atoms with Gasteiger partial charge in [0.2, 0.25) is 6.61 Å². The molecule has 1 rings (SSSR count). The number of hydrogen-bond acceptors (Lipinski definition) is 7. The lowest BCUT2D eigenvalue weighted by Crippen LogP contribution is -2.15. The topological polar surface area (TPSA) is 92.0 Å². The van der Waals surface area contributed by atoms with E-state index >= 15 is 0 Å². The quantitative estimate of drug-likeness (QED) is 0.191. The Balaban J connectivity index is 0. The second-order valence-corrected chi connectivity index (χ2v) is 7.41. The number of furan rings is 1. The first kappa shape index (κ1) is 31.5. The Labute approximate surface area is 195 Å². The fourth-order valence-electron chi connectivity index (χ4n) is 1.88. The Bertz CT molecular complexity index is 627. The van der Waals surface area contributed by atoms with E-state index in [2.05, 4.69) is 11.7 Å². The van der Waals surface area contributed by atoms with Gasteiger partial charge in [-0.2, -0.15) is 0 Å². The molecule has 1 atom stereocenters. The van der Waals surface area contributed by atoms with Gasteiger partial charge in [-0.15, -0.1) is 11.6 Å². The van der Waals surface area contributed by atoms with Crippen LogP contribution in [0.2, 0.25) is 0 Å². The summed E-state index contributed by atoms with van der Waals surface area (Å²) in [6.45, 7) is 15.5. The van der Waals surface area contributed by atoms with Crippen LogP contribution in [-0.4, -0.2) is 49.0 Å². The molecule has 1 heterocycles. The second kappa shape index (κ2) is 19.0. The van der Waals surface area contributed by atoms with E-state index in [0.29, 0.717) is 30.4 Å². The van der Waals surface area contributed by atoms with Crippen LogP contribution in [0.3, 0.4) is 0 Å². The average Bonchev–Trinajstić information content (AvgIpc) is 3.20. The number of halogens is 2. The predicted octanol–water partition coefficient (Wildman–Crippen LogP) is 5.39. The van der Waals surface area contributed by atoms with E-state index in [1.807, 2.05) is 20.8 Å². The summed E-state index contributed by atoms with van der Waals surface area (Å²) < 4.78 is 19.4. The van der Waals surface area contributed by atoms with Crippen molar-refractivity contribution in [3.8, 4) is 0 Å². The summed E-state index contributed by atoms with van der Waals surface area (Å²) in [7, 11) is 0. The van der Waals surface area contributed by atoms with Crippen LogP contribution in [0.25, 0.3) is 0 Å². The van der Waals surface area contributed by atoms with Crippen LogP contribution in [0.4, 0.5) is 0 Å². The summed E-state index contributed by atoms with van der Waals surface area (Å²) in [4.78, 5) is 32.9. The van der Waals surface area contributed by atoms with Crippen molar-refractivity contribution in [2.24, 2.45) is 5.92 Å². The summed E-state index contributed by atoms with van der Waals surface area (Å²) in [5.41, 5.74) is 0.225. The molecule has 9 heteroatoms. The number of carbonyl (C=O) groups excluding carboxylic acids is 3. The van der Waals surface area contributed by atoms with E-state index in [1.165, 1.54) is 6.26 Å². The van der Waals surface area contributed by atoms with Crippen molar-refractivity contribution in [1.29, 1.82) is 0 Å². The molecular formula is C22H35Cl2O7+. The standard InChI is InChI=1S/C10H14O3.C8H13O3.C4H8Cl2O/c1-4-12-10(11)8-5-6-13-9(8)7(2)3;1-4-11-8(10)5-7(9)6(2)3;1-2-7-4(6)3-5/h5-7H,4H2,1-3H3;6H,1,4-5H2,2-3H3;4H,2-3H2,1H3/q;+1;. The van der Waals surface area contributed by atoms with E-state index in [9.17, 15) is 14.4 Å². The maximum Gasteiger partial charge on any atom is 0.341 e. The molecule has 0 saturated heterocycles. The van der Waals surface area contributed by atoms with Crippen molar-refractivity contribution in [1.82, 2.24) is 0 Å². The van der Waals surface area contributed by atoms with Crippen LogP contribution in [-0.2, 0) is 23.8 Å². The Kier molecular flexibility index (Phi) is 19.3. The molecule has 7 nitrogen and oxygen atoms in total. The number of carbonyl (C=O) groups is 3. The first-order chi connectivity index (χ1) is 14.5. The predicted molar refractivity (Wildman–Crippen MR) is 122 cm³/mol. The molecule has 0 bridgehead atoms. The third-order valence-electron chi connectivity index (χ3n) is 3.41. The van der Waals surface area contributed by atoms with E-state index in [-0.39, 0.29) is 42.2 Å². The number of esters is 2. The van der Waals surface area contributed by atoms with Crippen LogP contribution in [0.1, 0.15) is 70.0 Å². The molecule has 0 spiro atoms. The zero-order valence-corrected chi connectivity index (χ0v) is 20.8. The number of ketones is 1. The molecule has 0 aromatic carbocycles. The van der Waals surface area contributed by atoms with E-state index < -0.39 is 5.97 Å². The van der Waals surface area contributed by atoms with Gasteiger partial charge < -0.3 is 18.6 Å². The number of alkyl halides is 2. The third-order valence-corrected chi connectivity index (χ3v) is 4.13. The van der Waals surface area contributed by atoms with Crippen LogP contribution >= 0.6 is 23.2 Å². The third kappa shape index (κ3) is 15.7. The van der Waals surface area contributed by atoms with Crippen molar-refractivity contribution in [2.75, 3.05) is 25.7 Å². The molecule has 0 radical (unpaired) electrons. The summed E-state index contributed by atoms with van der Waals surface area (Å²) in [5, 5.41) is 0. The molecule has 0 N–H and O–H groups in total. The largest absolute Gasteiger partial charge is 0.468 e. The van der Waals surface area contributed by atoms with Crippen molar-refractivity contribution in [3.63, 3.8) is 0 Å². The SMILES string of the molecule is CCOC(=O)c1ccoc1C(C)C.CCOC(Cl)CCl.[CH2+]COC(=O)CC(=O)C(C)C. The molecular weight excluding hydrogens is 447 g/mol. The maximum absolute atomic E-state index is 11.3. The molecule has 178 valence electrons. The molecule has 0 fully saturated rings. The fourth-order valence-corrected chi connectivity index (χ4v) is 2.10. The smallest absolute Gasteiger partial charge is 0.341 e. The Morgan fingerprint density at radius 1 is 1.10 bits per heavy atom. The van der Waals surface area contributed by atoms with Gasteiger partial charge in [0.1, 0.15) is 36.0 Å². The summed E-state index contributed by atoms with van der Waals surface area (Å²) in [6, 6.07) is 1.65. The van der Waals surface area contributed by atoms with Gasteiger partial charge >= 0.3 is 11.9 Å². The molecule has 0 saturated carbocycles. The summed E-state index contributed by atoms with van der Waals surface area (Å²) in [5.74, 6) is 0.261. The molecule has 31 heavy (non-hydrogen) atoms. The first-order valence-corrected chi connectivity index (χ1v) is 11.1. The van der Waals surface area contributed by atoms with Crippen molar-refractivity contribution in [3.05, 3.63) is 30.6 Å². The minimum atomic E-state index is -0.487. The molecule has 0 aliphatic heterocycles. The van der Waals surface area contributed by atoms with Gasteiger partial charge in [-0.1, -0.05) is 39.3 Å². The van der Waals surface area contributed by atoms with Gasteiger partial charge in [0, 0.05) is 18.4 Å². The minimum Gasteiger partial charge on any atom is -0.468 e. The number of Topliss-reactive ketones (excluding diaryl/α,β-unsaturated/α-hetero) is 1. The van der Waals surface area contributed by atoms with Crippen molar-refractivity contribution < 1.29 is 33.0 Å². The van der Waals surface area contributed by atoms with Gasteiger partial charge in [-0.25, -0.2) is 4.79 Å². The molecule has 0 amide bonds. The van der Waals surface area contributed by atoms with Gasteiger partial charge in [0.15, 0.2) is 0 Å².